The second-order valence-corrected chi connectivity index (χ2v) is 8.07. The van der Waals surface area contributed by atoms with Crippen LogP contribution in [-0.4, -0.2) is 55.3 Å². The third kappa shape index (κ3) is 4.09. The molecule has 2 aromatic rings. The van der Waals surface area contributed by atoms with Crippen LogP contribution in [0.25, 0.3) is 10.9 Å². The topological polar surface area (TPSA) is 96.6 Å². The van der Waals surface area contributed by atoms with Gasteiger partial charge in [-0.05, 0) is 24.3 Å². The first-order valence-electron chi connectivity index (χ1n) is 7.84. The Morgan fingerprint density at radius 3 is 2.52 bits per heavy atom. The van der Waals surface area contributed by atoms with Crippen molar-refractivity contribution in [2.24, 2.45) is 5.14 Å². The standard InChI is InChI=1S/C16H19ClN4O3S/c1-11(22)21-6-4-20(5-7-21)10-12-8-15(17)14-3-2-13(25(18,23)24)9-16(14)19-12/h2-3,8-9H,4-7,10H2,1H3,(H2,18,23,24). The van der Waals surface area contributed by atoms with Crippen LogP contribution < -0.4 is 5.14 Å². The van der Waals surface area contributed by atoms with E-state index in [1.54, 1.807) is 19.1 Å². The van der Waals surface area contributed by atoms with E-state index in [2.05, 4.69) is 9.88 Å². The van der Waals surface area contributed by atoms with E-state index in [9.17, 15) is 13.2 Å². The molecular formula is C16H19ClN4O3S. The Kier molecular flexibility index (Phi) is 4.97. The van der Waals surface area contributed by atoms with Gasteiger partial charge in [0.15, 0.2) is 0 Å². The average molecular weight is 383 g/mol. The van der Waals surface area contributed by atoms with Gasteiger partial charge in [-0.25, -0.2) is 13.6 Å². The zero-order chi connectivity index (χ0) is 18.2. The summed E-state index contributed by atoms with van der Waals surface area (Å²) in [7, 11) is -3.79. The van der Waals surface area contributed by atoms with E-state index in [1.165, 1.54) is 12.1 Å². The lowest BCUT2D eigenvalue weighted by Crippen LogP contribution is -2.47. The molecule has 0 saturated carbocycles. The molecule has 1 aromatic carbocycles. The second kappa shape index (κ2) is 6.87. The van der Waals surface area contributed by atoms with Crippen molar-refractivity contribution in [3.05, 3.63) is 35.0 Å². The van der Waals surface area contributed by atoms with E-state index in [0.29, 0.717) is 35.6 Å². The van der Waals surface area contributed by atoms with E-state index in [-0.39, 0.29) is 10.8 Å². The summed E-state index contributed by atoms with van der Waals surface area (Å²) in [6.07, 6.45) is 0. The quantitative estimate of drug-likeness (QED) is 0.860. The minimum Gasteiger partial charge on any atom is -0.340 e. The molecule has 25 heavy (non-hydrogen) atoms. The molecule has 0 atom stereocenters. The molecule has 2 heterocycles. The van der Waals surface area contributed by atoms with Crippen molar-refractivity contribution in [1.29, 1.82) is 0 Å². The molecule has 0 bridgehead atoms. The van der Waals surface area contributed by atoms with Gasteiger partial charge in [0.25, 0.3) is 0 Å². The zero-order valence-corrected chi connectivity index (χ0v) is 15.3. The summed E-state index contributed by atoms with van der Waals surface area (Å²) < 4.78 is 23.1. The first kappa shape index (κ1) is 18.1. The molecule has 1 fully saturated rings. The molecular weight excluding hydrogens is 364 g/mol. The number of nitrogens with zero attached hydrogens (tertiary/aromatic N) is 3. The highest BCUT2D eigenvalue weighted by atomic mass is 35.5. The zero-order valence-electron chi connectivity index (χ0n) is 13.8. The highest BCUT2D eigenvalue weighted by molar-refractivity contribution is 7.89. The van der Waals surface area contributed by atoms with E-state index in [1.807, 2.05) is 4.90 Å². The Hall–Kier alpha value is -1.74. The molecule has 1 aromatic heterocycles. The molecule has 7 nitrogen and oxygen atoms in total. The van der Waals surface area contributed by atoms with Gasteiger partial charge in [0.1, 0.15) is 0 Å². The Bertz CT molecular complexity index is 924. The first-order valence-corrected chi connectivity index (χ1v) is 9.76. The highest BCUT2D eigenvalue weighted by Gasteiger charge is 2.19. The smallest absolute Gasteiger partial charge is 0.238 e. The van der Waals surface area contributed by atoms with Crippen LogP contribution in [0, 0.1) is 0 Å². The number of halogens is 1. The number of fused-ring (bicyclic) bond motifs is 1. The Balaban J connectivity index is 1.84. The predicted octanol–water partition coefficient (Wildman–Crippen LogP) is 1.20. The Morgan fingerprint density at radius 1 is 1.24 bits per heavy atom. The molecule has 1 aliphatic heterocycles. The van der Waals surface area contributed by atoms with Crippen molar-refractivity contribution >= 4 is 38.4 Å². The number of hydrogen-bond acceptors (Lipinski definition) is 5. The van der Waals surface area contributed by atoms with E-state index >= 15 is 0 Å². The number of benzene rings is 1. The first-order chi connectivity index (χ1) is 11.7. The molecule has 1 amide bonds. The van der Waals surface area contributed by atoms with Crippen molar-refractivity contribution in [2.75, 3.05) is 26.2 Å². The minimum atomic E-state index is -3.79. The molecule has 9 heteroatoms. The van der Waals surface area contributed by atoms with E-state index in [0.717, 1.165) is 18.8 Å². The summed E-state index contributed by atoms with van der Waals surface area (Å²) in [6, 6.07) is 6.26. The summed E-state index contributed by atoms with van der Waals surface area (Å²) >= 11 is 6.32. The normalized spacial score (nSPS) is 16.4. The summed E-state index contributed by atoms with van der Waals surface area (Å²) in [6.45, 7) is 5.05. The van der Waals surface area contributed by atoms with Crippen molar-refractivity contribution < 1.29 is 13.2 Å². The number of carbonyl (C=O) groups excluding carboxylic acids is 1. The number of hydrogen-bond donors (Lipinski definition) is 1. The van der Waals surface area contributed by atoms with Gasteiger partial charge in [-0.1, -0.05) is 11.6 Å². The minimum absolute atomic E-state index is 0.00999. The van der Waals surface area contributed by atoms with Crippen molar-refractivity contribution in [2.45, 2.75) is 18.4 Å². The molecule has 1 aliphatic rings. The van der Waals surface area contributed by atoms with E-state index < -0.39 is 10.0 Å². The van der Waals surface area contributed by atoms with Crippen molar-refractivity contribution in [3.63, 3.8) is 0 Å². The highest BCUT2D eigenvalue weighted by Crippen LogP contribution is 2.26. The fourth-order valence-electron chi connectivity index (χ4n) is 2.92. The fraction of sp³-hybridized carbons (Fsp3) is 0.375. The number of carbonyl (C=O) groups is 1. The molecule has 2 N–H and O–H groups in total. The summed E-state index contributed by atoms with van der Waals surface area (Å²) in [5, 5.41) is 6.38. The van der Waals surface area contributed by atoms with Gasteiger partial charge in [0.2, 0.25) is 15.9 Å². The van der Waals surface area contributed by atoms with Crippen LogP contribution in [0.3, 0.4) is 0 Å². The maximum absolute atomic E-state index is 11.5. The monoisotopic (exact) mass is 382 g/mol. The van der Waals surface area contributed by atoms with Gasteiger partial charge in [0, 0.05) is 45.0 Å². The van der Waals surface area contributed by atoms with Gasteiger partial charge >= 0.3 is 0 Å². The van der Waals surface area contributed by atoms with E-state index in [4.69, 9.17) is 16.7 Å². The molecule has 3 rings (SSSR count). The predicted molar refractivity (Wildman–Crippen MR) is 95.7 cm³/mol. The number of amides is 1. The molecule has 0 unspecified atom stereocenters. The maximum atomic E-state index is 11.5. The lowest BCUT2D eigenvalue weighted by Gasteiger charge is -2.34. The number of sulfonamides is 1. The van der Waals surface area contributed by atoms with Crippen molar-refractivity contribution in [3.8, 4) is 0 Å². The third-order valence-electron chi connectivity index (χ3n) is 4.32. The number of primary sulfonamides is 1. The average Bonchev–Trinajstić information content (AvgIpc) is 2.54. The Morgan fingerprint density at radius 2 is 1.92 bits per heavy atom. The second-order valence-electron chi connectivity index (χ2n) is 6.10. The number of rotatable bonds is 3. The van der Waals surface area contributed by atoms with Gasteiger partial charge in [0.05, 0.1) is 21.1 Å². The lowest BCUT2D eigenvalue weighted by atomic mass is 10.2. The molecule has 1 saturated heterocycles. The van der Waals surface area contributed by atoms with Crippen LogP contribution in [0.2, 0.25) is 5.02 Å². The fourth-order valence-corrected chi connectivity index (χ4v) is 3.74. The maximum Gasteiger partial charge on any atom is 0.238 e. The SMILES string of the molecule is CC(=O)N1CCN(Cc2cc(Cl)c3ccc(S(N)(=O)=O)cc3n2)CC1. The number of nitrogens with two attached hydrogens (primary N) is 1. The van der Waals surface area contributed by atoms with Crippen LogP contribution in [0.5, 0.6) is 0 Å². The lowest BCUT2D eigenvalue weighted by molar-refractivity contribution is -0.130. The molecule has 134 valence electrons. The third-order valence-corrected chi connectivity index (χ3v) is 5.54. The van der Waals surface area contributed by atoms with Gasteiger partial charge < -0.3 is 4.90 Å². The summed E-state index contributed by atoms with van der Waals surface area (Å²) in [4.78, 5) is 19.9. The van der Waals surface area contributed by atoms with Gasteiger partial charge in [-0.3, -0.25) is 14.7 Å². The van der Waals surface area contributed by atoms with Crippen LogP contribution >= 0.6 is 11.6 Å². The number of piperazine rings is 1. The summed E-state index contributed by atoms with van der Waals surface area (Å²) in [5.41, 5.74) is 1.25. The largest absolute Gasteiger partial charge is 0.340 e. The molecule has 0 aliphatic carbocycles. The van der Waals surface area contributed by atoms with Crippen LogP contribution in [0.1, 0.15) is 12.6 Å². The van der Waals surface area contributed by atoms with Crippen molar-refractivity contribution in [1.82, 2.24) is 14.8 Å². The summed E-state index contributed by atoms with van der Waals surface area (Å²) in [5.74, 6) is 0.0852. The Labute approximate surface area is 151 Å². The van der Waals surface area contributed by atoms with Crippen LogP contribution in [-0.2, 0) is 21.4 Å². The van der Waals surface area contributed by atoms with Gasteiger partial charge in [-0.2, -0.15) is 0 Å². The van der Waals surface area contributed by atoms with Crippen LogP contribution in [0.15, 0.2) is 29.2 Å². The number of pyridine rings is 1. The van der Waals surface area contributed by atoms with Crippen LogP contribution in [0.4, 0.5) is 0 Å². The number of aromatic nitrogens is 1. The molecule has 0 radical (unpaired) electrons. The van der Waals surface area contributed by atoms with Gasteiger partial charge in [-0.15, -0.1) is 0 Å². The molecule has 0 spiro atoms.